The lowest BCUT2D eigenvalue weighted by Gasteiger charge is -2.40. The second-order valence-electron chi connectivity index (χ2n) is 5.43. The van der Waals surface area contributed by atoms with Crippen LogP contribution in [0.3, 0.4) is 0 Å². The highest BCUT2D eigenvalue weighted by Crippen LogP contribution is 2.19. The molecule has 0 aliphatic carbocycles. The zero-order valence-electron chi connectivity index (χ0n) is 12.2. The molecule has 0 radical (unpaired) electrons. The van der Waals surface area contributed by atoms with E-state index in [0.717, 1.165) is 38.0 Å². The predicted octanol–water partition coefficient (Wildman–Crippen LogP) is 2.56. The van der Waals surface area contributed by atoms with Crippen molar-refractivity contribution in [2.45, 2.75) is 45.3 Å². The lowest BCUT2D eigenvalue weighted by atomic mass is 10.0. The molecule has 1 aliphatic rings. The number of rotatable bonds is 5. The lowest BCUT2D eigenvalue weighted by Crippen LogP contribution is -2.55. The van der Waals surface area contributed by atoms with E-state index in [1.807, 2.05) is 6.07 Å². The summed E-state index contributed by atoms with van der Waals surface area (Å²) < 4.78 is 0. The molecule has 1 fully saturated rings. The molecule has 20 heavy (non-hydrogen) atoms. The maximum absolute atomic E-state index is 10.8. The minimum atomic E-state index is -0.326. The number of hydrogen-bond donors (Lipinski definition) is 1. The van der Waals surface area contributed by atoms with Gasteiger partial charge in [0.15, 0.2) is 0 Å². The Hall–Kier alpha value is -1.46. The zero-order chi connectivity index (χ0) is 14.5. The van der Waals surface area contributed by atoms with Crippen molar-refractivity contribution in [3.63, 3.8) is 0 Å². The summed E-state index contributed by atoms with van der Waals surface area (Å²) in [5.74, 6) is 0. The van der Waals surface area contributed by atoms with Crippen LogP contribution in [0.25, 0.3) is 0 Å². The van der Waals surface area contributed by atoms with Crippen LogP contribution < -0.4 is 5.32 Å². The molecule has 5 nitrogen and oxygen atoms in total. The van der Waals surface area contributed by atoms with Crippen molar-refractivity contribution >= 4 is 5.69 Å². The average Bonchev–Trinajstić information content (AvgIpc) is 2.47. The Morgan fingerprint density at radius 1 is 1.40 bits per heavy atom. The maximum atomic E-state index is 10.8. The SMILES string of the molecule is CCC1CN(Cc2cccc([N+](=O)[O-])c2)C(CC)CN1. The Bertz CT molecular complexity index is 464. The molecule has 110 valence electrons. The summed E-state index contributed by atoms with van der Waals surface area (Å²) in [5, 5.41) is 14.4. The number of nitrogens with one attached hydrogen (secondary N) is 1. The van der Waals surface area contributed by atoms with Gasteiger partial charge in [-0.05, 0) is 18.4 Å². The summed E-state index contributed by atoms with van der Waals surface area (Å²) in [5.41, 5.74) is 1.20. The Morgan fingerprint density at radius 2 is 2.20 bits per heavy atom. The monoisotopic (exact) mass is 277 g/mol. The van der Waals surface area contributed by atoms with Crippen LogP contribution in [0.4, 0.5) is 5.69 Å². The van der Waals surface area contributed by atoms with Gasteiger partial charge in [0.05, 0.1) is 4.92 Å². The number of nitro benzene ring substituents is 1. The van der Waals surface area contributed by atoms with E-state index >= 15 is 0 Å². The fourth-order valence-corrected chi connectivity index (χ4v) is 2.80. The van der Waals surface area contributed by atoms with E-state index in [0.29, 0.717) is 12.1 Å². The summed E-state index contributed by atoms with van der Waals surface area (Å²) in [6, 6.07) is 8.02. The third-order valence-corrected chi connectivity index (χ3v) is 4.08. The molecule has 0 spiro atoms. The molecule has 1 saturated heterocycles. The van der Waals surface area contributed by atoms with Crippen LogP contribution >= 0.6 is 0 Å². The third kappa shape index (κ3) is 3.55. The molecule has 2 atom stereocenters. The van der Waals surface area contributed by atoms with Gasteiger partial charge in [-0.2, -0.15) is 0 Å². The quantitative estimate of drug-likeness (QED) is 0.664. The Morgan fingerprint density at radius 3 is 2.85 bits per heavy atom. The molecule has 0 aromatic heterocycles. The van der Waals surface area contributed by atoms with Crippen molar-refractivity contribution in [2.75, 3.05) is 13.1 Å². The van der Waals surface area contributed by atoms with Gasteiger partial charge in [-0.3, -0.25) is 15.0 Å². The summed E-state index contributed by atoms with van der Waals surface area (Å²) in [6.07, 6.45) is 2.21. The van der Waals surface area contributed by atoms with Crippen LogP contribution in [-0.4, -0.2) is 35.0 Å². The molecule has 2 unspecified atom stereocenters. The van der Waals surface area contributed by atoms with Gasteiger partial charge in [0.1, 0.15) is 0 Å². The number of nitro groups is 1. The van der Waals surface area contributed by atoms with Crippen molar-refractivity contribution in [3.8, 4) is 0 Å². The summed E-state index contributed by atoms with van der Waals surface area (Å²) in [7, 11) is 0. The van der Waals surface area contributed by atoms with E-state index < -0.39 is 0 Å². The van der Waals surface area contributed by atoms with Crippen LogP contribution in [0.1, 0.15) is 32.3 Å². The first-order valence-electron chi connectivity index (χ1n) is 7.34. The number of nitrogens with zero attached hydrogens (tertiary/aromatic N) is 2. The maximum Gasteiger partial charge on any atom is 0.269 e. The highest BCUT2D eigenvalue weighted by atomic mass is 16.6. The second kappa shape index (κ2) is 6.81. The van der Waals surface area contributed by atoms with E-state index in [9.17, 15) is 10.1 Å². The number of piperazine rings is 1. The molecule has 0 amide bonds. The van der Waals surface area contributed by atoms with Crippen molar-refractivity contribution in [1.29, 1.82) is 0 Å². The van der Waals surface area contributed by atoms with Gasteiger partial charge in [0.25, 0.3) is 5.69 Å². The van der Waals surface area contributed by atoms with Crippen molar-refractivity contribution in [3.05, 3.63) is 39.9 Å². The van der Waals surface area contributed by atoms with Gasteiger partial charge in [-0.1, -0.05) is 26.0 Å². The number of non-ortho nitro benzene ring substituents is 1. The van der Waals surface area contributed by atoms with E-state index in [1.165, 1.54) is 0 Å². The Labute approximate surface area is 120 Å². The molecule has 1 aliphatic heterocycles. The van der Waals surface area contributed by atoms with E-state index in [1.54, 1.807) is 18.2 Å². The van der Waals surface area contributed by atoms with Gasteiger partial charge in [0.2, 0.25) is 0 Å². The molecule has 1 heterocycles. The van der Waals surface area contributed by atoms with Gasteiger partial charge < -0.3 is 5.32 Å². The van der Waals surface area contributed by atoms with Crippen LogP contribution in [-0.2, 0) is 6.54 Å². The van der Waals surface area contributed by atoms with Crippen molar-refractivity contribution < 1.29 is 4.92 Å². The summed E-state index contributed by atoms with van der Waals surface area (Å²) in [4.78, 5) is 13.0. The Balaban J connectivity index is 2.09. The fourth-order valence-electron chi connectivity index (χ4n) is 2.80. The first-order chi connectivity index (χ1) is 9.63. The number of benzene rings is 1. The molecule has 2 rings (SSSR count). The first-order valence-corrected chi connectivity index (χ1v) is 7.34. The molecule has 0 saturated carbocycles. The highest BCUT2D eigenvalue weighted by Gasteiger charge is 2.25. The number of hydrogen-bond acceptors (Lipinski definition) is 4. The highest BCUT2D eigenvalue weighted by molar-refractivity contribution is 5.34. The summed E-state index contributed by atoms with van der Waals surface area (Å²) in [6.45, 7) is 7.19. The molecule has 1 aromatic rings. The van der Waals surface area contributed by atoms with Crippen molar-refractivity contribution in [1.82, 2.24) is 10.2 Å². The molecule has 5 heteroatoms. The normalized spacial score (nSPS) is 23.7. The van der Waals surface area contributed by atoms with E-state index in [-0.39, 0.29) is 10.6 Å². The van der Waals surface area contributed by atoms with Gasteiger partial charge in [-0.25, -0.2) is 0 Å². The summed E-state index contributed by atoms with van der Waals surface area (Å²) >= 11 is 0. The van der Waals surface area contributed by atoms with Crippen LogP contribution in [0.15, 0.2) is 24.3 Å². The minimum Gasteiger partial charge on any atom is -0.311 e. The van der Waals surface area contributed by atoms with E-state index in [4.69, 9.17) is 0 Å². The van der Waals surface area contributed by atoms with Crippen molar-refractivity contribution in [2.24, 2.45) is 0 Å². The van der Waals surface area contributed by atoms with Gasteiger partial charge >= 0.3 is 0 Å². The van der Waals surface area contributed by atoms with Crippen LogP contribution in [0.2, 0.25) is 0 Å². The topological polar surface area (TPSA) is 58.4 Å². The molecular weight excluding hydrogens is 254 g/mol. The first kappa shape index (κ1) is 14.9. The second-order valence-corrected chi connectivity index (χ2v) is 5.43. The minimum absolute atomic E-state index is 0.178. The smallest absolute Gasteiger partial charge is 0.269 e. The third-order valence-electron chi connectivity index (χ3n) is 4.08. The standard InChI is InChI=1S/C15H23N3O2/c1-3-13-11-17(14(4-2)9-16-13)10-12-6-5-7-15(8-12)18(19)20/h5-8,13-14,16H,3-4,9-11H2,1-2H3. The molecule has 1 aromatic carbocycles. The van der Waals surface area contributed by atoms with Crippen LogP contribution in [0.5, 0.6) is 0 Å². The molecular formula is C15H23N3O2. The average molecular weight is 277 g/mol. The van der Waals surface area contributed by atoms with E-state index in [2.05, 4.69) is 24.1 Å². The van der Waals surface area contributed by atoms with Gasteiger partial charge in [0, 0.05) is 43.9 Å². The van der Waals surface area contributed by atoms with Gasteiger partial charge in [-0.15, -0.1) is 0 Å². The molecule has 1 N–H and O–H groups in total. The molecule has 0 bridgehead atoms. The van der Waals surface area contributed by atoms with Crippen LogP contribution in [0, 0.1) is 10.1 Å². The Kier molecular flexibility index (Phi) is 5.09. The fraction of sp³-hybridized carbons (Fsp3) is 0.600. The largest absolute Gasteiger partial charge is 0.311 e. The predicted molar refractivity (Wildman–Crippen MR) is 79.7 cm³/mol. The zero-order valence-corrected chi connectivity index (χ0v) is 12.2. The lowest BCUT2D eigenvalue weighted by molar-refractivity contribution is -0.384.